The van der Waals surface area contributed by atoms with Gasteiger partial charge in [0, 0.05) is 19.3 Å². The highest BCUT2D eigenvalue weighted by Gasteiger charge is 2.19. The molecule has 0 fully saturated rings. The fourth-order valence-corrected chi connectivity index (χ4v) is 7.83. The Labute approximate surface area is 361 Å². The number of hydrogen-bond acceptors (Lipinski definition) is 6. The molecule has 2 atom stereocenters. The minimum absolute atomic E-state index is 0.0629. The van der Waals surface area contributed by atoms with E-state index in [1.54, 1.807) is 0 Å². The van der Waals surface area contributed by atoms with Gasteiger partial charge >= 0.3 is 17.9 Å². The van der Waals surface area contributed by atoms with Crippen LogP contribution in [0.25, 0.3) is 0 Å². The van der Waals surface area contributed by atoms with E-state index in [2.05, 4.69) is 27.7 Å². The van der Waals surface area contributed by atoms with Gasteiger partial charge in [-0.25, -0.2) is 0 Å². The Hall–Kier alpha value is -1.59. The highest BCUT2D eigenvalue weighted by molar-refractivity contribution is 5.71. The largest absolute Gasteiger partial charge is 0.462 e. The molecule has 0 amide bonds. The summed E-state index contributed by atoms with van der Waals surface area (Å²) in [5.41, 5.74) is 0. The second-order valence-electron chi connectivity index (χ2n) is 18.1. The fraction of sp³-hybridized carbons (Fsp3) is 0.942. The van der Waals surface area contributed by atoms with Gasteiger partial charge in [0.05, 0.1) is 0 Å². The average Bonchev–Trinajstić information content (AvgIpc) is 3.22. The Morgan fingerprint density at radius 1 is 0.345 bits per heavy atom. The monoisotopic (exact) mass is 821 g/mol. The molecule has 0 heterocycles. The number of rotatable bonds is 47. The lowest BCUT2D eigenvalue weighted by molar-refractivity contribution is -0.167. The standard InChI is InChI=1S/C52H100O6/c1-5-8-10-12-14-16-18-19-20-21-23-29-33-37-41-45-52(55)58-49(46-56-50(53)43-39-35-31-27-22-17-15-13-11-9-6-2)47-57-51(54)44-40-36-32-28-25-24-26-30-34-38-42-48(4)7-3/h48-49H,5-47H2,1-4H3/t48?,49-/m1/s1. The zero-order valence-corrected chi connectivity index (χ0v) is 39.5. The fourth-order valence-electron chi connectivity index (χ4n) is 7.83. The molecule has 58 heavy (non-hydrogen) atoms. The molecule has 0 radical (unpaired) electrons. The van der Waals surface area contributed by atoms with Gasteiger partial charge in [-0.05, 0) is 25.2 Å². The van der Waals surface area contributed by atoms with Crippen LogP contribution in [0.5, 0.6) is 0 Å². The molecule has 0 aliphatic carbocycles. The zero-order valence-electron chi connectivity index (χ0n) is 39.5. The Balaban J connectivity index is 4.31. The van der Waals surface area contributed by atoms with Crippen LogP contribution >= 0.6 is 0 Å². The summed E-state index contributed by atoms with van der Waals surface area (Å²) in [6.45, 7) is 9.04. The third kappa shape index (κ3) is 44.0. The lowest BCUT2D eigenvalue weighted by Crippen LogP contribution is -2.30. The molecule has 1 unspecified atom stereocenters. The Morgan fingerprint density at radius 3 is 0.897 bits per heavy atom. The maximum absolute atomic E-state index is 12.8. The van der Waals surface area contributed by atoms with Gasteiger partial charge in [0.15, 0.2) is 6.10 Å². The minimum atomic E-state index is -0.760. The quantitative estimate of drug-likeness (QED) is 0.0346. The third-order valence-corrected chi connectivity index (χ3v) is 12.2. The van der Waals surface area contributed by atoms with Gasteiger partial charge in [0.1, 0.15) is 13.2 Å². The van der Waals surface area contributed by atoms with Crippen molar-refractivity contribution in [3.63, 3.8) is 0 Å². The van der Waals surface area contributed by atoms with Crippen molar-refractivity contribution in [3.8, 4) is 0 Å². The molecule has 0 aromatic heterocycles. The van der Waals surface area contributed by atoms with E-state index in [1.807, 2.05) is 0 Å². The van der Waals surface area contributed by atoms with E-state index in [1.165, 1.54) is 186 Å². The van der Waals surface area contributed by atoms with Crippen molar-refractivity contribution in [3.05, 3.63) is 0 Å². The van der Waals surface area contributed by atoms with E-state index < -0.39 is 6.10 Å². The Kier molecular flexibility index (Phi) is 45.2. The topological polar surface area (TPSA) is 78.9 Å². The predicted octanol–water partition coefficient (Wildman–Crippen LogP) is 16.7. The van der Waals surface area contributed by atoms with Gasteiger partial charge in [-0.1, -0.05) is 252 Å². The zero-order chi connectivity index (χ0) is 42.4. The second kappa shape index (κ2) is 46.5. The maximum Gasteiger partial charge on any atom is 0.306 e. The van der Waals surface area contributed by atoms with E-state index >= 15 is 0 Å². The molecule has 0 aliphatic heterocycles. The minimum Gasteiger partial charge on any atom is -0.462 e. The van der Waals surface area contributed by atoms with Crippen LogP contribution in [0.2, 0.25) is 0 Å². The van der Waals surface area contributed by atoms with Gasteiger partial charge in [0.2, 0.25) is 0 Å². The molecule has 0 bridgehead atoms. The van der Waals surface area contributed by atoms with E-state index in [0.717, 1.165) is 63.7 Å². The van der Waals surface area contributed by atoms with Crippen LogP contribution in [-0.2, 0) is 28.6 Å². The van der Waals surface area contributed by atoms with Gasteiger partial charge in [-0.2, -0.15) is 0 Å². The van der Waals surface area contributed by atoms with E-state index in [0.29, 0.717) is 19.3 Å². The summed E-state index contributed by atoms with van der Waals surface area (Å²) in [6, 6.07) is 0. The van der Waals surface area contributed by atoms with Crippen molar-refractivity contribution in [1.82, 2.24) is 0 Å². The number of unbranched alkanes of at least 4 members (excludes halogenated alkanes) is 33. The molecule has 6 heteroatoms. The summed E-state index contributed by atoms with van der Waals surface area (Å²) in [5.74, 6) is 0.0249. The molecule has 0 rings (SSSR count). The average molecular weight is 821 g/mol. The van der Waals surface area contributed by atoms with Crippen LogP contribution in [0, 0.1) is 5.92 Å². The molecule has 0 spiro atoms. The summed E-state index contributed by atoms with van der Waals surface area (Å²) in [4.78, 5) is 37.9. The highest BCUT2D eigenvalue weighted by Crippen LogP contribution is 2.17. The van der Waals surface area contributed by atoms with Crippen LogP contribution in [0.4, 0.5) is 0 Å². The first kappa shape index (κ1) is 56.4. The van der Waals surface area contributed by atoms with Crippen molar-refractivity contribution in [2.24, 2.45) is 5.92 Å². The molecular formula is C52H100O6. The first-order chi connectivity index (χ1) is 28.4. The van der Waals surface area contributed by atoms with Gasteiger partial charge in [-0.3, -0.25) is 14.4 Å². The molecule has 0 aromatic carbocycles. The lowest BCUT2D eigenvalue weighted by Gasteiger charge is -2.18. The Morgan fingerprint density at radius 2 is 0.603 bits per heavy atom. The van der Waals surface area contributed by atoms with Crippen LogP contribution in [0.1, 0.15) is 291 Å². The number of esters is 3. The van der Waals surface area contributed by atoms with Crippen molar-refractivity contribution >= 4 is 17.9 Å². The van der Waals surface area contributed by atoms with Crippen LogP contribution in [-0.4, -0.2) is 37.2 Å². The van der Waals surface area contributed by atoms with Gasteiger partial charge in [0.25, 0.3) is 0 Å². The lowest BCUT2D eigenvalue weighted by atomic mass is 9.99. The summed E-state index contributed by atoms with van der Waals surface area (Å²) < 4.78 is 16.8. The third-order valence-electron chi connectivity index (χ3n) is 12.2. The molecule has 344 valence electrons. The normalized spacial score (nSPS) is 12.4. The van der Waals surface area contributed by atoms with Crippen molar-refractivity contribution in [1.29, 1.82) is 0 Å². The molecule has 0 aliphatic rings. The van der Waals surface area contributed by atoms with Gasteiger partial charge < -0.3 is 14.2 Å². The molecule has 0 saturated carbocycles. The molecule has 6 nitrogen and oxygen atoms in total. The van der Waals surface area contributed by atoms with Crippen molar-refractivity contribution in [2.45, 2.75) is 297 Å². The maximum atomic E-state index is 12.8. The number of ether oxygens (including phenoxy) is 3. The number of hydrogen-bond donors (Lipinski definition) is 0. The first-order valence-electron chi connectivity index (χ1n) is 25.9. The smallest absolute Gasteiger partial charge is 0.306 e. The van der Waals surface area contributed by atoms with Crippen molar-refractivity contribution < 1.29 is 28.6 Å². The number of carbonyl (C=O) groups is 3. The molecule has 0 aromatic rings. The Bertz CT molecular complexity index is 874. The van der Waals surface area contributed by atoms with Gasteiger partial charge in [-0.15, -0.1) is 0 Å². The molecule has 0 saturated heterocycles. The SMILES string of the molecule is CCCCCCCCCCCCCCCCCC(=O)O[C@H](COC(=O)CCCCCCCCCCCCC)COC(=O)CCCCCCCCCCCCC(C)CC. The van der Waals surface area contributed by atoms with E-state index in [-0.39, 0.29) is 31.1 Å². The first-order valence-corrected chi connectivity index (χ1v) is 25.9. The summed E-state index contributed by atoms with van der Waals surface area (Å²) in [7, 11) is 0. The number of carbonyl (C=O) groups excluding carboxylic acids is 3. The van der Waals surface area contributed by atoms with E-state index in [9.17, 15) is 14.4 Å². The summed E-state index contributed by atoms with van der Waals surface area (Å²) >= 11 is 0. The van der Waals surface area contributed by atoms with E-state index in [4.69, 9.17) is 14.2 Å². The second-order valence-corrected chi connectivity index (χ2v) is 18.1. The molecular weight excluding hydrogens is 721 g/mol. The predicted molar refractivity (Wildman–Crippen MR) is 247 cm³/mol. The molecule has 0 N–H and O–H groups in total. The highest BCUT2D eigenvalue weighted by atomic mass is 16.6. The van der Waals surface area contributed by atoms with Crippen LogP contribution in [0.3, 0.4) is 0 Å². The summed E-state index contributed by atoms with van der Waals surface area (Å²) in [5, 5.41) is 0. The summed E-state index contributed by atoms with van der Waals surface area (Å²) in [6.07, 6.45) is 47.9. The van der Waals surface area contributed by atoms with Crippen molar-refractivity contribution in [2.75, 3.05) is 13.2 Å². The van der Waals surface area contributed by atoms with Crippen LogP contribution in [0.15, 0.2) is 0 Å². The van der Waals surface area contributed by atoms with Crippen LogP contribution < -0.4 is 0 Å².